The molecule has 1 N–H and O–H groups in total. The molecule has 0 radical (unpaired) electrons. The van der Waals surface area contributed by atoms with Crippen LogP contribution in [0.4, 0.5) is 0 Å². The molecule has 138 valence electrons. The summed E-state index contributed by atoms with van der Waals surface area (Å²) in [6, 6.07) is 8.68. The van der Waals surface area contributed by atoms with E-state index in [9.17, 15) is 0 Å². The second-order valence-electron chi connectivity index (χ2n) is 6.22. The maximum atomic E-state index is 4.83. The van der Waals surface area contributed by atoms with Gasteiger partial charge in [0.1, 0.15) is 0 Å². The van der Waals surface area contributed by atoms with Gasteiger partial charge in [-0.2, -0.15) is 0 Å². The molecule has 0 bridgehead atoms. The molecule has 1 aromatic heterocycles. The first kappa shape index (κ1) is 21.9. The number of rotatable bonds is 6. The Morgan fingerprint density at radius 3 is 2.72 bits per heavy atom. The van der Waals surface area contributed by atoms with Crippen LogP contribution in [0.3, 0.4) is 0 Å². The van der Waals surface area contributed by atoms with Crippen molar-refractivity contribution in [3.63, 3.8) is 0 Å². The zero-order chi connectivity index (χ0) is 17.5. The van der Waals surface area contributed by atoms with E-state index >= 15 is 0 Å². The molecule has 1 heterocycles. The lowest BCUT2D eigenvalue weighted by atomic mass is 10.00. The molecule has 0 saturated heterocycles. The molecule has 0 saturated carbocycles. The number of nitrogens with zero attached hydrogens (tertiary/aromatic N) is 3. The van der Waals surface area contributed by atoms with E-state index in [0.717, 1.165) is 36.3 Å². The summed E-state index contributed by atoms with van der Waals surface area (Å²) >= 11 is 1.69. The minimum absolute atomic E-state index is 0. The molecule has 0 aliphatic rings. The minimum Gasteiger partial charge on any atom is -0.357 e. The summed E-state index contributed by atoms with van der Waals surface area (Å²) in [5.74, 6) is 1.33. The monoisotopic (exact) mass is 472 g/mol. The molecule has 0 spiro atoms. The van der Waals surface area contributed by atoms with E-state index < -0.39 is 0 Å². The van der Waals surface area contributed by atoms with Crippen molar-refractivity contribution in [1.82, 2.24) is 15.2 Å². The van der Waals surface area contributed by atoms with E-state index in [2.05, 4.69) is 72.7 Å². The zero-order valence-corrected chi connectivity index (χ0v) is 18.9. The van der Waals surface area contributed by atoms with Gasteiger partial charge in [0.15, 0.2) is 5.96 Å². The molecular weight excluding hydrogens is 443 g/mol. The third-order valence-electron chi connectivity index (χ3n) is 3.89. The second-order valence-corrected chi connectivity index (χ2v) is 7.29. The van der Waals surface area contributed by atoms with Crippen molar-refractivity contribution in [2.45, 2.75) is 40.2 Å². The third-order valence-corrected chi connectivity index (χ3v) is 4.71. The Balaban J connectivity index is 0.00000312. The molecule has 0 aliphatic carbocycles. The van der Waals surface area contributed by atoms with Gasteiger partial charge in [0.25, 0.3) is 0 Å². The Bertz CT molecular complexity index is 684. The van der Waals surface area contributed by atoms with Crippen LogP contribution in [-0.4, -0.2) is 36.0 Å². The third kappa shape index (κ3) is 6.93. The van der Waals surface area contributed by atoms with Crippen molar-refractivity contribution < 1.29 is 0 Å². The van der Waals surface area contributed by atoms with E-state index in [0.29, 0.717) is 5.92 Å². The Hall–Kier alpha value is -1.15. The van der Waals surface area contributed by atoms with Crippen molar-refractivity contribution in [3.8, 4) is 0 Å². The van der Waals surface area contributed by atoms with Gasteiger partial charge in [-0.25, -0.2) is 4.98 Å². The molecule has 0 fully saturated rings. The summed E-state index contributed by atoms with van der Waals surface area (Å²) in [4.78, 5) is 11.5. The average Bonchev–Trinajstić information content (AvgIpc) is 2.96. The molecule has 6 heteroatoms. The molecule has 25 heavy (non-hydrogen) atoms. The maximum Gasteiger partial charge on any atom is 0.194 e. The molecule has 0 amide bonds. The summed E-state index contributed by atoms with van der Waals surface area (Å²) in [6.45, 7) is 10.9. The van der Waals surface area contributed by atoms with Crippen LogP contribution in [0, 0.1) is 13.8 Å². The Labute approximate surface area is 172 Å². The van der Waals surface area contributed by atoms with Gasteiger partial charge >= 0.3 is 0 Å². The number of hydrogen-bond donors (Lipinski definition) is 1. The fourth-order valence-electron chi connectivity index (χ4n) is 2.57. The molecule has 1 atom stereocenters. The van der Waals surface area contributed by atoms with Gasteiger partial charge in [0, 0.05) is 31.4 Å². The summed E-state index contributed by atoms with van der Waals surface area (Å²) in [7, 11) is 2.06. The van der Waals surface area contributed by atoms with Crippen molar-refractivity contribution in [3.05, 3.63) is 51.5 Å². The van der Waals surface area contributed by atoms with Crippen LogP contribution >= 0.6 is 35.3 Å². The van der Waals surface area contributed by atoms with E-state index in [-0.39, 0.29) is 24.0 Å². The van der Waals surface area contributed by atoms with Gasteiger partial charge in [0.05, 0.1) is 17.2 Å². The molecule has 1 unspecified atom stereocenters. The van der Waals surface area contributed by atoms with Crippen LogP contribution in [0.1, 0.15) is 41.6 Å². The van der Waals surface area contributed by atoms with Crippen LogP contribution in [0.15, 0.2) is 34.6 Å². The predicted molar refractivity (Wildman–Crippen MR) is 119 cm³/mol. The van der Waals surface area contributed by atoms with Crippen LogP contribution < -0.4 is 5.32 Å². The summed E-state index contributed by atoms with van der Waals surface area (Å²) in [5.41, 5.74) is 3.73. The highest BCUT2D eigenvalue weighted by Gasteiger charge is 2.10. The van der Waals surface area contributed by atoms with Crippen molar-refractivity contribution >= 4 is 41.3 Å². The first-order valence-corrected chi connectivity index (χ1v) is 9.34. The number of nitrogens with one attached hydrogen (secondary N) is 1. The molecule has 2 rings (SSSR count). The number of aryl methyl sites for hydroxylation is 2. The smallest absolute Gasteiger partial charge is 0.194 e. The highest BCUT2D eigenvalue weighted by Crippen LogP contribution is 2.17. The fraction of sp³-hybridized carbons (Fsp3) is 0.474. The molecule has 4 nitrogen and oxygen atoms in total. The molecule has 0 aliphatic heterocycles. The van der Waals surface area contributed by atoms with Gasteiger partial charge in [0.2, 0.25) is 0 Å². The average molecular weight is 472 g/mol. The van der Waals surface area contributed by atoms with E-state index in [1.165, 1.54) is 11.1 Å². The Kier molecular flexibility index (Phi) is 9.42. The SMILES string of the molecule is CCNC(=NCC(C)c1cccc(C)c1)N(C)Cc1csc(C)n1.I. The minimum atomic E-state index is 0. The lowest BCUT2D eigenvalue weighted by Gasteiger charge is -2.22. The Morgan fingerprint density at radius 1 is 1.36 bits per heavy atom. The van der Waals surface area contributed by atoms with Crippen molar-refractivity contribution in [2.24, 2.45) is 4.99 Å². The van der Waals surface area contributed by atoms with E-state index in [1.807, 2.05) is 6.92 Å². The number of guanidine groups is 1. The normalized spacial score (nSPS) is 12.4. The number of thiazole rings is 1. The molecule has 1 aromatic carbocycles. The van der Waals surface area contributed by atoms with Crippen LogP contribution in [0.25, 0.3) is 0 Å². The van der Waals surface area contributed by atoms with Crippen LogP contribution in [-0.2, 0) is 6.54 Å². The molecule has 2 aromatic rings. The van der Waals surface area contributed by atoms with Gasteiger partial charge in [-0.1, -0.05) is 36.8 Å². The van der Waals surface area contributed by atoms with E-state index in [4.69, 9.17) is 4.99 Å². The fourth-order valence-corrected chi connectivity index (χ4v) is 3.18. The number of hydrogen-bond acceptors (Lipinski definition) is 3. The van der Waals surface area contributed by atoms with Crippen molar-refractivity contribution in [2.75, 3.05) is 20.1 Å². The van der Waals surface area contributed by atoms with Crippen LogP contribution in [0.2, 0.25) is 0 Å². The highest BCUT2D eigenvalue weighted by molar-refractivity contribution is 14.0. The topological polar surface area (TPSA) is 40.5 Å². The highest BCUT2D eigenvalue weighted by atomic mass is 127. The predicted octanol–water partition coefficient (Wildman–Crippen LogP) is 4.58. The Morgan fingerprint density at radius 2 is 2.12 bits per heavy atom. The molecular formula is C19H29IN4S. The second kappa shape index (κ2) is 10.8. The standard InChI is InChI=1S/C19H28N4S.HI/c1-6-20-19(23(5)12-18-13-24-16(4)22-18)21-11-15(3)17-9-7-8-14(2)10-17;/h7-10,13,15H,6,11-12H2,1-5H3,(H,20,21);1H. The van der Waals surface area contributed by atoms with Gasteiger partial charge < -0.3 is 10.2 Å². The van der Waals surface area contributed by atoms with Crippen LogP contribution in [0.5, 0.6) is 0 Å². The number of benzene rings is 1. The maximum absolute atomic E-state index is 4.83. The summed E-state index contributed by atoms with van der Waals surface area (Å²) in [6.07, 6.45) is 0. The van der Waals surface area contributed by atoms with Gasteiger partial charge in [-0.05, 0) is 26.3 Å². The first-order chi connectivity index (χ1) is 11.5. The largest absolute Gasteiger partial charge is 0.357 e. The number of aliphatic imine (C=N–C) groups is 1. The lowest BCUT2D eigenvalue weighted by molar-refractivity contribution is 0.470. The summed E-state index contributed by atoms with van der Waals surface area (Å²) < 4.78 is 0. The van der Waals surface area contributed by atoms with Gasteiger partial charge in [-0.3, -0.25) is 4.99 Å². The quantitative estimate of drug-likeness (QED) is 0.380. The zero-order valence-electron chi connectivity index (χ0n) is 15.7. The number of halogens is 1. The van der Waals surface area contributed by atoms with Gasteiger partial charge in [-0.15, -0.1) is 35.3 Å². The first-order valence-electron chi connectivity index (χ1n) is 8.46. The number of aromatic nitrogens is 1. The van der Waals surface area contributed by atoms with E-state index in [1.54, 1.807) is 11.3 Å². The van der Waals surface area contributed by atoms with Crippen molar-refractivity contribution in [1.29, 1.82) is 0 Å². The summed E-state index contributed by atoms with van der Waals surface area (Å²) in [5, 5.41) is 6.60. The lowest BCUT2D eigenvalue weighted by Crippen LogP contribution is -2.38.